The van der Waals surface area contributed by atoms with Gasteiger partial charge in [-0.3, -0.25) is 4.79 Å². The van der Waals surface area contributed by atoms with Crippen LogP contribution in [-0.2, 0) is 11.2 Å². The number of amides is 1. The van der Waals surface area contributed by atoms with Crippen LogP contribution < -0.4 is 15.8 Å². The van der Waals surface area contributed by atoms with Crippen LogP contribution >= 0.6 is 0 Å². The van der Waals surface area contributed by atoms with Crippen molar-refractivity contribution in [3.63, 3.8) is 0 Å². The summed E-state index contributed by atoms with van der Waals surface area (Å²) in [6, 6.07) is 13.9. The zero-order valence-corrected chi connectivity index (χ0v) is 11.6. The number of nitrogens with two attached hydrogens (primary N) is 1. The van der Waals surface area contributed by atoms with Crippen molar-refractivity contribution >= 4 is 11.6 Å². The minimum atomic E-state index is -0.155. The number of rotatable bonds is 6. The van der Waals surface area contributed by atoms with Gasteiger partial charge in [-0.05, 0) is 30.3 Å². The van der Waals surface area contributed by atoms with Crippen LogP contribution in [0.2, 0.25) is 0 Å². The van der Waals surface area contributed by atoms with E-state index in [1.807, 2.05) is 0 Å². The Bertz CT molecular complexity index is 597. The smallest absolute Gasteiger partial charge is 0.224 e. The first-order chi connectivity index (χ1) is 10.1. The summed E-state index contributed by atoms with van der Waals surface area (Å²) in [5.41, 5.74) is 6.86. The molecule has 0 fully saturated rings. The molecular formula is C16H18N2O3. The predicted molar refractivity (Wildman–Crippen MR) is 81.2 cm³/mol. The third-order valence-electron chi connectivity index (χ3n) is 2.92. The normalized spacial score (nSPS) is 10.1. The van der Waals surface area contributed by atoms with E-state index in [1.165, 1.54) is 0 Å². The summed E-state index contributed by atoms with van der Waals surface area (Å²) >= 11 is 0. The number of hydrogen-bond donors (Lipinski definition) is 3. The number of nitrogens with one attached hydrogen (secondary N) is 1. The Morgan fingerprint density at radius 2 is 1.86 bits per heavy atom. The standard InChI is InChI=1S/C16H18N2O3/c17-13-5-7-14(8-6-13)21-10-9-18-16(20)11-12-3-1-2-4-15(12)19/h1-8,19H,9-11,17H2,(H,18,20). The van der Waals surface area contributed by atoms with Gasteiger partial charge in [-0.2, -0.15) is 0 Å². The fraction of sp³-hybridized carbons (Fsp3) is 0.188. The van der Waals surface area contributed by atoms with Crippen molar-refractivity contribution < 1.29 is 14.6 Å². The molecule has 0 aliphatic heterocycles. The molecule has 0 aliphatic rings. The molecule has 5 heteroatoms. The van der Waals surface area contributed by atoms with E-state index >= 15 is 0 Å². The van der Waals surface area contributed by atoms with Gasteiger partial charge in [0.15, 0.2) is 0 Å². The molecule has 4 N–H and O–H groups in total. The number of carbonyl (C=O) groups is 1. The van der Waals surface area contributed by atoms with Crippen molar-refractivity contribution in [2.75, 3.05) is 18.9 Å². The molecule has 0 atom stereocenters. The molecule has 0 heterocycles. The number of phenolic OH excluding ortho intramolecular Hbond substituents is 1. The van der Waals surface area contributed by atoms with E-state index in [0.29, 0.717) is 30.2 Å². The number of nitrogen functional groups attached to an aromatic ring is 1. The van der Waals surface area contributed by atoms with Gasteiger partial charge in [0, 0.05) is 11.3 Å². The SMILES string of the molecule is Nc1ccc(OCCNC(=O)Cc2ccccc2O)cc1. The highest BCUT2D eigenvalue weighted by molar-refractivity contribution is 5.79. The largest absolute Gasteiger partial charge is 0.508 e. The molecule has 2 aromatic carbocycles. The Balaban J connectivity index is 1.70. The highest BCUT2D eigenvalue weighted by atomic mass is 16.5. The molecule has 2 aromatic rings. The second kappa shape index (κ2) is 7.19. The van der Waals surface area contributed by atoms with Crippen LogP contribution in [0.15, 0.2) is 48.5 Å². The summed E-state index contributed by atoms with van der Waals surface area (Å²) in [7, 11) is 0. The number of ether oxygens (including phenoxy) is 1. The van der Waals surface area contributed by atoms with Crippen LogP contribution in [0.3, 0.4) is 0 Å². The van der Waals surface area contributed by atoms with Gasteiger partial charge in [0.2, 0.25) is 5.91 Å². The van der Waals surface area contributed by atoms with Gasteiger partial charge in [-0.15, -0.1) is 0 Å². The number of hydrogen-bond acceptors (Lipinski definition) is 4. The Morgan fingerprint density at radius 3 is 2.57 bits per heavy atom. The van der Waals surface area contributed by atoms with Crippen molar-refractivity contribution in [1.82, 2.24) is 5.32 Å². The van der Waals surface area contributed by atoms with Gasteiger partial charge < -0.3 is 20.9 Å². The topological polar surface area (TPSA) is 84.6 Å². The second-order valence-electron chi connectivity index (χ2n) is 4.57. The summed E-state index contributed by atoms with van der Waals surface area (Å²) in [6.45, 7) is 0.771. The first kappa shape index (κ1) is 14.7. The molecule has 0 bridgehead atoms. The summed E-state index contributed by atoms with van der Waals surface area (Å²) in [6.07, 6.45) is 0.147. The maximum Gasteiger partial charge on any atom is 0.224 e. The van der Waals surface area contributed by atoms with Gasteiger partial charge in [0.1, 0.15) is 18.1 Å². The van der Waals surface area contributed by atoms with E-state index in [1.54, 1.807) is 48.5 Å². The fourth-order valence-corrected chi connectivity index (χ4v) is 1.82. The van der Waals surface area contributed by atoms with E-state index in [-0.39, 0.29) is 18.1 Å². The summed E-state index contributed by atoms with van der Waals surface area (Å²) in [4.78, 5) is 11.7. The van der Waals surface area contributed by atoms with Crippen molar-refractivity contribution in [1.29, 1.82) is 0 Å². The highest BCUT2D eigenvalue weighted by Gasteiger charge is 2.06. The van der Waals surface area contributed by atoms with E-state index in [9.17, 15) is 9.90 Å². The van der Waals surface area contributed by atoms with Crippen LogP contribution in [0.4, 0.5) is 5.69 Å². The summed E-state index contributed by atoms with van der Waals surface area (Å²) in [5.74, 6) is 0.683. The molecule has 21 heavy (non-hydrogen) atoms. The van der Waals surface area contributed by atoms with E-state index in [4.69, 9.17) is 10.5 Å². The minimum absolute atomic E-state index is 0.130. The molecule has 2 rings (SSSR count). The molecule has 0 aromatic heterocycles. The molecule has 1 amide bonds. The second-order valence-corrected chi connectivity index (χ2v) is 4.57. The Hall–Kier alpha value is -2.69. The zero-order chi connectivity index (χ0) is 15.1. The van der Waals surface area contributed by atoms with E-state index in [2.05, 4.69) is 5.32 Å². The number of benzene rings is 2. The van der Waals surface area contributed by atoms with Crippen molar-refractivity contribution in [2.24, 2.45) is 0 Å². The monoisotopic (exact) mass is 286 g/mol. The van der Waals surface area contributed by atoms with Crippen LogP contribution in [0.5, 0.6) is 11.5 Å². The van der Waals surface area contributed by atoms with E-state index in [0.717, 1.165) is 0 Å². The number of para-hydroxylation sites is 1. The molecule has 0 saturated heterocycles. The lowest BCUT2D eigenvalue weighted by molar-refractivity contribution is -0.120. The maximum absolute atomic E-state index is 11.7. The number of anilines is 1. The first-order valence-corrected chi connectivity index (χ1v) is 6.67. The van der Waals surface area contributed by atoms with Crippen LogP contribution in [0.1, 0.15) is 5.56 Å². The Labute approximate surface area is 123 Å². The maximum atomic E-state index is 11.7. The lowest BCUT2D eigenvalue weighted by Gasteiger charge is -2.08. The molecule has 0 radical (unpaired) electrons. The van der Waals surface area contributed by atoms with E-state index < -0.39 is 0 Å². The Kier molecular flexibility index (Phi) is 5.04. The highest BCUT2D eigenvalue weighted by Crippen LogP contribution is 2.15. The molecule has 0 saturated carbocycles. The number of phenols is 1. The Morgan fingerprint density at radius 1 is 1.14 bits per heavy atom. The van der Waals surface area contributed by atoms with Crippen molar-refractivity contribution in [3.8, 4) is 11.5 Å². The van der Waals surface area contributed by atoms with Gasteiger partial charge in [-0.25, -0.2) is 0 Å². The zero-order valence-electron chi connectivity index (χ0n) is 11.6. The average Bonchev–Trinajstić information content (AvgIpc) is 2.48. The molecule has 0 aliphatic carbocycles. The quantitative estimate of drug-likeness (QED) is 0.557. The minimum Gasteiger partial charge on any atom is -0.508 e. The average molecular weight is 286 g/mol. The number of aromatic hydroxyl groups is 1. The first-order valence-electron chi connectivity index (χ1n) is 6.67. The lowest BCUT2D eigenvalue weighted by atomic mass is 10.1. The fourth-order valence-electron chi connectivity index (χ4n) is 1.82. The molecule has 5 nitrogen and oxygen atoms in total. The third kappa shape index (κ3) is 4.72. The van der Waals surface area contributed by atoms with Crippen LogP contribution in [-0.4, -0.2) is 24.2 Å². The van der Waals surface area contributed by atoms with Gasteiger partial charge in [0.25, 0.3) is 0 Å². The summed E-state index contributed by atoms with van der Waals surface area (Å²) < 4.78 is 5.47. The van der Waals surface area contributed by atoms with Gasteiger partial charge in [0.05, 0.1) is 13.0 Å². The predicted octanol–water partition coefficient (Wildman–Crippen LogP) is 1.71. The number of carbonyl (C=O) groups excluding carboxylic acids is 1. The van der Waals surface area contributed by atoms with Crippen LogP contribution in [0, 0.1) is 0 Å². The lowest BCUT2D eigenvalue weighted by Crippen LogP contribution is -2.29. The summed E-state index contributed by atoms with van der Waals surface area (Å²) in [5, 5.41) is 12.3. The van der Waals surface area contributed by atoms with Gasteiger partial charge in [-0.1, -0.05) is 18.2 Å². The van der Waals surface area contributed by atoms with Crippen molar-refractivity contribution in [2.45, 2.75) is 6.42 Å². The molecular weight excluding hydrogens is 268 g/mol. The molecule has 0 unspecified atom stereocenters. The molecule has 110 valence electrons. The van der Waals surface area contributed by atoms with Crippen molar-refractivity contribution in [3.05, 3.63) is 54.1 Å². The molecule has 0 spiro atoms. The van der Waals surface area contributed by atoms with Gasteiger partial charge >= 0.3 is 0 Å². The van der Waals surface area contributed by atoms with Crippen LogP contribution in [0.25, 0.3) is 0 Å². The third-order valence-corrected chi connectivity index (χ3v) is 2.92.